The lowest BCUT2D eigenvalue weighted by atomic mass is 9.96. The lowest BCUT2D eigenvalue weighted by molar-refractivity contribution is -0.147. The van der Waals surface area contributed by atoms with E-state index in [1.807, 2.05) is 6.92 Å². The van der Waals surface area contributed by atoms with Gasteiger partial charge in [-0.3, -0.25) is 4.79 Å². The van der Waals surface area contributed by atoms with Gasteiger partial charge in [0.1, 0.15) is 18.4 Å². The first-order chi connectivity index (χ1) is 7.98. The van der Waals surface area contributed by atoms with Gasteiger partial charge in [0.25, 0.3) is 0 Å². The second kappa shape index (κ2) is 5.37. The molecule has 0 fully saturated rings. The van der Waals surface area contributed by atoms with Crippen LogP contribution in [0.2, 0.25) is 0 Å². The number of carboxylic acids is 1. The van der Waals surface area contributed by atoms with Crippen LogP contribution < -0.4 is 5.32 Å². The maximum Gasteiger partial charge on any atom is 0.329 e. The van der Waals surface area contributed by atoms with Gasteiger partial charge < -0.3 is 10.4 Å². The number of nitrogens with one attached hydrogen (secondary N) is 1. The lowest BCUT2D eigenvalue weighted by Crippen LogP contribution is -2.53. The van der Waals surface area contributed by atoms with Crippen molar-refractivity contribution < 1.29 is 14.7 Å². The molecule has 0 saturated carbocycles. The number of nitrogens with zero attached hydrogens (tertiary/aromatic N) is 4. The van der Waals surface area contributed by atoms with Gasteiger partial charge in [0.15, 0.2) is 0 Å². The zero-order chi connectivity index (χ0) is 12.9. The van der Waals surface area contributed by atoms with Gasteiger partial charge in [0.05, 0.1) is 0 Å². The molecule has 8 heteroatoms. The van der Waals surface area contributed by atoms with E-state index in [0.717, 1.165) is 0 Å². The number of aliphatic carboxylic acids is 1. The fraction of sp³-hybridized carbons (Fsp3) is 0.667. The van der Waals surface area contributed by atoms with Crippen molar-refractivity contribution in [3.63, 3.8) is 0 Å². The van der Waals surface area contributed by atoms with E-state index in [4.69, 9.17) is 5.11 Å². The smallest absolute Gasteiger partial charge is 0.329 e. The van der Waals surface area contributed by atoms with E-state index in [-0.39, 0.29) is 6.54 Å². The summed E-state index contributed by atoms with van der Waals surface area (Å²) >= 11 is 0. The Morgan fingerprint density at radius 2 is 2.24 bits per heavy atom. The summed E-state index contributed by atoms with van der Waals surface area (Å²) in [6, 6.07) is 0. The van der Waals surface area contributed by atoms with Gasteiger partial charge in [-0.15, -0.1) is 5.10 Å². The van der Waals surface area contributed by atoms with Crippen LogP contribution in [-0.4, -0.2) is 42.7 Å². The predicted octanol–water partition coefficient (Wildman–Crippen LogP) is -0.567. The van der Waals surface area contributed by atoms with E-state index < -0.39 is 17.4 Å². The van der Waals surface area contributed by atoms with E-state index in [0.29, 0.717) is 12.8 Å². The number of carboxylic acid groups (broad SMARTS) is 1. The summed E-state index contributed by atoms with van der Waals surface area (Å²) in [7, 11) is 0. The molecule has 2 N–H and O–H groups in total. The van der Waals surface area contributed by atoms with Crippen molar-refractivity contribution in [3.05, 3.63) is 6.33 Å². The molecule has 1 aromatic heterocycles. The molecule has 0 spiro atoms. The van der Waals surface area contributed by atoms with Gasteiger partial charge in [-0.2, -0.15) is 0 Å². The van der Waals surface area contributed by atoms with Crippen LogP contribution >= 0.6 is 0 Å². The number of tetrazole rings is 1. The minimum absolute atomic E-state index is 0.0976. The minimum atomic E-state index is -1.25. The summed E-state index contributed by atoms with van der Waals surface area (Å²) in [6.07, 6.45) is 2.31. The average Bonchev–Trinajstić information content (AvgIpc) is 2.70. The van der Waals surface area contributed by atoms with Crippen LogP contribution in [0.1, 0.15) is 26.7 Å². The SMILES string of the molecule is CCCC(C)(NC(=O)Cn1cnnn1)C(=O)O. The summed E-state index contributed by atoms with van der Waals surface area (Å²) in [5.74, 6) is -1.49. The van der Waals surface area contributed by atoms with Gasteiger partial charge in [0, 0.05) is 0 Å². The molecule has 0 radical (unpaired) electrons. The Morgan fingerprint density at radius 1 is 1.53 bits per heavy atom. The molecule has 1 atom stereocenters. The molecule has 1 amide bonds. The topological polar surface area (TPSA) is 110 Å². The first-order valence-corrected chi connectivity index (χ1v) is 5.23. The number of carbonyl (C=O) groups excluding carboxylic acids is 1. The molecule has 1 heterocycles. The lowest BCUT2D eigenvalue weighted by Gasteiger charge is -2.25. The van der Waals surface area contributed by atoms with Crippen molar-refractivity contribution in [1.29, 1.82) is 0 Å². The third-order valence-corrected chi connectivity index (χ3v) is 2.33. The van der Waals surface area contributed by atoms with Crippen LogP contribution in [0.5, 0.6) is 0 Å². The Labute approximate surface area is 98.0 Å². The van der Waals surface area contributed by atoms with Crippen molar-refractivity contribution >= 4 is 11.9 Å². The highest BCUT2D eigenvalue weighted by Crippen LogP contribution is 2.12. The van der Waals surface area contributed by atoms with Gasteiger partial charge in [-0.25, -0.2) is 9.48 Å². The maximum absolute atomic E-state index is 11.6. The Hall–Kier alpha value is -1.99. The Morgan fingerprint density at radius 3 is 2.71 bits per heavy atom. The molecule has 8 nitrogen and oxygen atoms in total. The van der Waals surface area contributed by atoms with E-state index in [1.54, 1.807) is 0 Å². The number of rotatable bonds is 6. The van der Waals surface area contributed by atoms with E-state index in [9.17, 15) is 9.59 Å². The second-order valence-corrected chi connectivity index (χ2v) is 3.94. The molecular formula is C9H15N5O3. The maximum atomic E-state index is 11.6. The van der Waals surface area contributed by atoms with Crippen molar-refractivity contribution in [2.45, 2.75) is 38.8 Å². The number of hydrogen-bond acceptors (Lipinski definition) is 5. The molecule has 0 bridgehead atoms. The molecule has 17 heavy (non-hydrogen) atoms. The number of aromatic nitrogens is 4. The van der Waals surface area contributed by atoms with Gasteiger partial charge >= 0.3 is 5.97 Å². The van der Waals surface area contributed by atoms with E-state index >= 15 is 0 Å². The highest BCUT2D eigenvalue weighted by Gasteiger charge is 2.33. The number of carbonyl (C=O) groups is 2. The monoisotopic (exact) mass is 241 g/mol. The standard InChI is InChI=1S/C9H15N5O3/c1-3-4-9(2,8(16)17)11-7(15)5-14-6-10-12-13-14/h6H,3-5H2,1-2H3,(H,11,15)(H,16,17). The Balaban J connectivity index is 2.61. The first-order valence-electron chi connectivity index (χ1n) is 5.23. The first kappa shape index (κ1) is 13.1. The summed E-state index contributed by atoms with van der Waals surface area (Å²) < 4.78 is 1.23. The van der Waals surface area contributed by atoms with Crippen molar-refractivity contribution in [1.82, 2.24) is 25.5 Å². The normalized spacial score (nSPS) is 14.0. The molecule has 0 aromatic carbocycles. The Kier molecular flexibility index (Phi) is 4.13. The molecule has 0 aliphatic carbocycles. The van der Waals surface area contributed by atoms with Crippen LogP contribution in [0.4, 0.5) is 0 Å². The van der Waals surface area contributed by atoms with Crippen molar-refractivity contribution in [3.8, 4) is 0 Å². The van der Waals surface area contributed by atoms with Crippen LogP contribution in [-0.2, 0) is 16.1 Å². The predicted molar refractivity (Wildman–Crippen MR) is 56.9 cm³/mol. The third-order valence-electron chi connectivity index (χ3n) is 2.33. The van der Waals surface area contributed by atoms with Crippen LogP contribution in [0, 0.1) is 0 Å². The summed E-state index contributed by atoms with van der Waals surface area (Å²) in [4.78, 5) is 22.7. The van der Waals surface area contributed by atoms with Crippen LogP contribution in [0.15, 0.2) is 6.33 Å². The average molecular weight is 241 g/mol. The van der Waals surface area contributed by atoms with Crippen LogP contribution in [0.3, 0.4) is 0 Å². The third kappa shape index (κ3) is 3.51. The highest BCUT2D eigenvalue weighted by molar-refractivity contribution is 5.86. The molecular weight excluding hydrogens is 226 g/mol. The molecule has 1 unspecified atom stereocenters. The zero-order valence-corrected chi connectivity index (χ0v) is 9.75. The molecule has 0 saturated heterocycles. The molecule has 1 rings (SSSR count). The summed E-state index contributed by atoms with van der Waals surface area (Å²) in [5, 5.41) is 21.8. The Bertz CT molecular complexity index is 391. The van der Waals surface area contributed by atoms with E-state index in [1.165, 1.54) is 17.9 Å². The van der Waals surface area contributed by atoms with E-state index in [2.05, 4.69) is 20.8 Å². The molecule has 0 aliphatic heterocycles. The van der Waals surface area contributed by atoms with Gasteiger partial charge in [-0.1, -0.05) is 13.3 Å². The fourth-order valence-electron chi connectivity index (χ4n) is 1.47. The fourth-order valence-corrected chi connectivity index (χ4v) is 1.47. The molecule has 1 aromatic rings. The minimum Gasteiger partial charge on any atom is -0.480 e. The molecule has 0 aliphatic rings. The highest BCUT2D eigenvalue weighted by atomic mass is 16.4. The number of hydrogen-bond donors (Lipinski definition) is 2. The van der Waals surface area contributed by atoms with Crippen LogP contribution in [0.25, 0.3) is 0 Å². The van der Waals surface area contributed by atoms with Gasteiger partial charge in [0.2, 0.25) is 5.91 Å². The second-order valence-electron chi connectivity index (χ2n) is 3.94. The summed E-state index contributed by atoms with van der Waals surface area (Å²) in [6.45, 7) is 3.24. The zero-order valence-electron chi connectivity index (χ0n) is 9.75. The van der Waals surface area contributed by atoms with Crippen molar-refractivity contribution in [2.24, 2.45) is 0 Å². The van der Waals surface area contributed by atoms with Gasteiger partial charge in [-0.05, 0) is 23.8 Å². The quantitative estimate of drug-likeness (QED) is 0.690. The summed E-state index contributed by atoms with van der Waals surface area (Å²) in [5.41, 5.74) is -1.25. The largest absolute Gasteiger partial charge is 0.480 e. The molecule has 94 valence electrons. The number of amides is 1. The van der Waals surface area contributed by atoms with Crippen molar-refractivity contribution in [2.75, 3.05) is 0 Å².